The van der Waals surface area contributed by atoms with Gasteiger partial charge in [0, 0.05) is 30.2 Å². The molecule has 0 aromatic carbocycles. The van der Waals surface area contributed by atoms with E-state index in [1.807, 2.05) is 33.0 Å². The second kappa shape index (κ2) is 6.24. The first-order valence-electron chi connectivity index (χ1n) is 6.32. The first-order valence-corrected chi connectivity index (χ1v) is 6.32. The van der Waals surface area contributed by atoms with Crippen LogP contribution in [0.1, 0.15) is 23.9 Å². The summed E-state index contributed by atoms with van der Waals surface area (Å²) in [5.74, 6) is 0.717. The maximum Gasteiger partial charge on any atom is 0.321 e. The van der Waals surface area contributed by atoms with Crippen LogP contribution in [-0.4, -0.2) is 22.0 Å². The molecule has 0 amide bonds. The monoisotopic (exact) mass is 258 g/mol. The van der Waals surface area contributed by atoms with Crippen LogP contribution in [-0.2, 0) is 13.0 Å². The number of nitrogens with zero attached hydrogens (tertiary/aromatic N) is 3. The van der Waals surface area contributed by atoms with Crippen molar-refractivity contribution in [3.8, 4) is 11.8 Å². The third kappa shape index (κ3) is 3.48. The summed E-state index contributed by atoms with van der Waals surface area (Å²) in [6.07, 6.45) is 4.33. The Morgan fingerprint density at radius 1 is 1.21 bits per heavy atom. The predicted molar refractivity (Wildman–Crippen MR) is 73.2 cm³/mol. The van der Waals surface area contributed by atoms with E-state index in [4.69, 9.17) is 4.74 Å². The number of aromatic nitrogens is 3. The van der Waals surface area contributed by atoms with E-state index in [1.165, 1.54) is 0 Å². The van der Waals surface area contributed by atoms with E-state index < -0.39 is 0 Å². The molecule has 0 aliphatic rings. The third-order valence-corrected chi connectivity index (χ3v) is 2.67. The summed E-state index contributed by atoms with van der Waals surface area (Å²) < 4.78 is 5.68. The summed E-state index contributed by atoms with van der Waals surface area (Å²) in [4.78, 5) is 12.8. The molecule has 5 heteroatoms. The highest BCUT2D eigenvalue weighted by Crippen LogP contribution is 2.22. The second-order valence-electron chi connectivity index (χ2n) is 4.26. The summed E-state index contributed by atoms with van der Waals surface area (Å²) >= 11 is 0. The van der Waals surface area contributed by atoms with Gasteiger partial charge in [0.2, 0.25) is 0 Å². The Morgan fingerprint density at radius 2 is 1.95 bits per heavy atom. The summed E-state index contributed by atoms with van der Waals surface area (Å²) in [6, 6.07) is 4.18. The predicted octanol–water partition coefficient (Wildman–Crippen LogP) is 2.25. The van der Waals surface area contributed by atoms with Gasteiger partial charge >= 0.3 is 6.01 Å². The molecule has 19 heavy (non-hydrogen) atoms. The number of rotatable bonds is 5. The molecule has 0 unspecified atom stereocenters. The first kappa shape index (κ1) is 13.4. The third-order valence-electron chi connectivity index (χ3n) is 2.67. The topological polar surface area (TPSA) is 59.9 Å². The van der Waals surface area contributed by atoms with E-state index in [2.05, 4.69) is 20.3 Å². The average Bonchev–Trinajstić information content (AvgIpc) is 2.43. The van der Waals surface area contributed by atoms with Gasteiger partial charge in [-0.05, 0) is 32.5 Å². The highest BCUT2D eigenvalue weighted by atomic mass is 16.5. The molecule has 0 aliphatic carbocycles. The molecule has 0 saturated carbocycles. The summed E-state index contributed by atoms with van der Waals surface area (Å²) in [5.41, 5.74) is 2.92. The fourth-order valence-corrected chi connectivity index (χ4v) is 1.73. The molecule has 0 radical (unpaired) electrons. The largest absolute Gasteiger partial charge is 0.422 e. The van der Waals surface area contributed by atoms with Crippen LogP contribution < -0.4 is 10.1 Å². The van der Waals surface area contributed by atoms with E-state index in [0.717, 1.165) is 35.7 Å². The SMILES string of the molecule is CCc1nc(C)ccc1Oc1ncc(CNC)cn1. The Kier molecular flexibility index (Phi) is 4.41. The minimum Gasteiger partial charge on any atom is -0.422 e. The molecule has 0 fully saturated rings. The molecular weight excluding hydrogens is 240 g/mol. The normalized spacial score (nSPS) is 10.5. The fraction of sp³-hybridized carbons (Fsp3) is 0.357. The van der Waals surface area contributed by atoms with Crippen LogP contribution in [0, 0.1) is 6.92 Å². The van der Waals surface area contributed by atoms with E-state index >= 15 is 0 Å². The Balaban J connectivity index is 2.16. The van der Waals surface area contributed by atoms with Gasteiger partial charge < -0.3 is 10.1 Å². The van der Waals surface area contributed by atoms with Crippen molar-refractivity contribution in [2.75, 3.05) is 7.05 Å². The Morgan fingerprint density at radius 3 is 2.58 bits per heavy atom. The molecule has 0 aliphatic heterocycles. The smallest absolute Gasteiger partial charge is 0.321 e. The number of nitrogens with one attached hydrogen (secondary N) is 1. The van der Waals surface area contributed by atoms with Crippen molar-refractivity contribution in [3.63, 3.8) is 0 Å². The van der Waals surface area contributed by atoms with Gasteiger partial charge in [-0.3, -0.25) is 4.98 Å². The van der Waals surface area contributed by atoms with Gasteiger partial charge in [0.05, 0.1) is 5.69 Å². The molecule has 2 heterocycles. The lowest BCUT2D eigenvalue weighted by Gasteiger charge is -2.08. The van der Waals surface area contributed by atoms with E-state index in [9.17, 15) is 0 Å². The lowest BCUT2D eigenvalue weighted by atomic mass is 10.2. The molecule has 0 bridgehead atoms. The Labute approximate surface area is 113 Å². The van der Waals surface area contributed by atoms with Crippen molar-refractivity contribution in [2.45, 2.75) is 26.8 Å². The highest BCUT2D eigenvalue weighted by molar-refractivity contribution is 5.31. The number of aryl methyl sites for hydroxylation is 2. The van der Waals surface area contributed by atoms with Crippen molar-refractivity contribution in [1.82, 2.24) is 20.3 Å². The van der Waals surface area contributed by atoms with Gasteiger partial charge in [0.15, 0.2) is 5.75 Å². The molecule has 0 saturated heterocycles. The van der Waals surface area contributed by atoms with Crippen LogP contribution in [0.5, 0.6) is 11.8 Å². The first-order chi connectivity index (χ1) is 9.22. The van der Waals surface area contributed by atoms with Crippen molar-refractivity contribution < 1.29 is 4.74 Å². The minimum atomic E-state index is 0.347. The van der Waals surface area contributed by atoms with Crippen molar-refractivity contribution in [2.24, 2.45) is 0 Å². The summed E-state index contributed by atoms with van der Waals surface area (Å²) in [6.45, 7) is 4.75. The van der Waals surface area contributed by atoms with Crippen molar-refractivity contribution in [3.05, 3.63) is 41.5 Å². The molecule has 2 aromatic heterocycles. The van der Waals surface area contributed by atoms with Crippen LogP contribution in [0.2, 0.25) is 0 Å². The quantitative estimate of drug-likeness (QED) is 0.891. The number of ether oxygens (including phenoxy) is 1. The van der Waals surface area contributed by atoms with Gasteiger partial charge in [-0.25, -0.2) is 9.97 Å². The van der Waals surface area contributed by atoms with Crippen LogP contribution >= 0.6 is 0 Å². The maximum atomic E-state index is 5.68. The molecule has 100 valence electrons. The second-order valence-corrected chi connectivity index (χ2v) is 4.26. The molecule has 0 spiro atoms. The molecule has 1 N–H and O–H groups in total. The lowest BCUT2D eigenvalue weighted by Crippen LogP contribution is -2.06. The van der Waals surface area contributed by atoms with Gasteiger partial charge in [0.1, 0.15) is 0 Å². The molecule has 2 aromatic rings. The van der Waals surface area contributed by atoms with Crippen LogP contribution in [0.15, 0.2) is 24.5 Å². The highest BCUT2D eigenvalue weighted by Gasteiger charge is 2.07. The Hall–Kier alpha value is -2.01. The van der Waals surface area contributed by atoms with E-state index in [0.29, 0.717) is 6.01 Å². The van der Waals surface area contributed by atoms with Crippen LogP contribution in [0.3, 0.4) is 0 Å². The molecular formula is C14H18N4O. The van der Waals surface area contributed by atoms with Crippen molar-refractivity contribution in [1.29, 1.82) is 0 Å². The average molecular weight is 258 g/mol. The summed E-state index contributed by atoms with van der Waals surface area (Å²) in [7, 11) is 1.88. The van der Waals surface area contributed by atoms with Crippen LogP contribution in [0.25, 0.3) is 0 Å². The number of hydrogen-bond acceptors (Lipinski definition) is 5. The zero-order chi connectivity index (χ0) is 13.7. The molecule has 5 nitrogen and oxygen atoms in total. The standard InChI is InChI=1S/C14H18N4O/c1-4-12-13(6-5-10(2)18-12)19-14-16-8-11(7-15-3)9-17-14/h5-6,8-9,15H,4,7H2,1-3H3. The van der Waals surface area contributed by atoms with Crippen LogP contribution in [0.4, 0.5) is 0 Å². The lowest BCUT2D eigenvalue weighted by molar-refractivity contribution is 0.433. The van der Waals surface area contributed by atoms with Gasteiger partial charge in [0.25, 0.3) is 0 Å². The maximum absolute atomic E-state index is 5.68. The number of pyridine rings is 1. The van der Waals surface area contributed by atoms with Gasteiger partial charge in [-0.1, -0.05) is 6.92 Å². The minimum absolute atomic E-state index is 0.347. The van der Waals surface area contributed by atoms with E-state index in [-0.39, 0.29) is 0 Å². The summed E-state index contributed by atoms with van der Waals surface area (Å²) in [5, 5.41) is 3.05. The zero-order valence-corrected chi connectivity index (χ0v) is 11.5. The number of hydrogen-bond donors (Lipinski definition) is 1. The Bertz CT molecular complexity index is 540. The van der Waals surface area contributed by atoms with E-state index in [1.54, 1.807) is 12.4 Å². The molecule has 0 atom stereocenters. The van der Waals surface area contributed by atoms with Gasteiger partial charge in [-0.2, -0.15) is 0 Å². The fourth-order valence-electron chi connectivity index (χ4n) is 1.73. The van der Waals surface area contributed by atoms with Crippen molar-refractivity contribution >= 4 is 0 Å². The van der Waals surface area contributed by atoms with Gasteiger partial charge in [-0.15, -0.1) is 0 Å². The molecule has 2 rings (SSSR count). The zero-order valence-electron chi connectivity index (χ0n) is 11.5.